The molecule has 1 heterocycles. The van der Waals surface area contributed by atoms with Crippen LogP contribution in [0.4, 0.5) is 0 Å². The summed E-state index contributed by atoms with van der Waals surface area (Å²) in [5.41, 5.74) is 5.05. The molecular weight excluding hydrogens is 82.0 g/mol. The van der Waals surface area contributed by atoms with Crippen LogP contribution in [0.1, 0.15) is 0 Å². The summed E-state index contributed by atoms with van der Waals surface area (Å²) in [4.78, 5) is 4.41. The fraction of sp³-hybridized carbons (Fsp3) is 0.500. The van der Waals surface area contributed by atoms with Crippen molar-refractivity contribution in [1.82, 2.24) is 5.32 Å². The average molecular weight is 87.1 g/mol. The molecule has 6 heavy (non-hydrogen) atoms. The second kappa shape index (κ2) is 1.04. The molecule has 1 aliphatic rings. The Labute approximate surface area is 35.0 Å². The van der Waals surface area contributed by atoms with Crippen LogP contribution in [0.25, 0.3) is 0 Å². The van der Waals surface area contributed by atoms with Crippen LogP contribution < -0.4 is 11.1 Å². The van der Waals surface area contributed by atoms with Gasteiger partial charge >= 0.3 is 0 Å². The summed E-state index contributed by atoms with van der Waals surface area (Å²) in [6.07, 6.45) is 0. The van der Waals surface area contributed by atoms with Crippen LogP contribution in [0.5, 0.6) is 0 Å². The summed E-state index contributed by atoms with van der Waals surface area (Å²) in [6, 6.07) is 0. The van der Waals surface area contributed by atoms with E-state index in [1.54, 1.807) is 0 Å². The highest BCUT2D eigenvalue weighted by Crippen LogP contribution is 1.77. The zero-order valence-electron chi connectivity index (χ0n) is 3.14. The van der Waals surface area contributed by atoms with Gasteiger partial charge in [-0.3, -0.25) is 0 Å². The lowest BCUT2D eigenvalue weighted by Crippen LogP contribution is -2.26. The lowest BCUT2D eigenvalue weighted by molar-refractivity contribution is 0.164. The first-order chi connectivity index (χ1) is 2.89. The molecule has 0 amide bonds. The number of rotatable bonds is 0. The van der Waals surface area contributed by atoms with Gasteiger partial charge in [-0.15, -0.1) is 0 Å². The van der Waals surface area contributed by atoms with E-state index in [9.17, 15) is 0 Å². The van der Waals surface area contributed by atoms with E-state index < -0.39 is 0 Å². The molecule has 0 aromatic carbocycles. The van der Waals surface area contributed by atoms with E-state index in [2.05, 4.69) is 15.3 Å². The molecule has 0 fully saturated rings. The number of nitrogens with one attached hydrogen (secondary N) is 1. The Bertz CT molecular complexity index is 78.9. The molecule has 0 atom stereocenters. The third kappa shape index (κ3) is 0.357. The molecule has 0 saturated carbocycles. The highest BCUT2D eigenvalue weighted by Gasteiger charge is 1.95. The summed E-state index contributed by atoms with van der Waals surface area (Å²) in [5.74, 6) is 0.356. The molecule has 1 aliphatic heterocycles. The van der Waals surface area contributed by atoms with E-state index >= 15 is 0 Å². The Balaban J connectivity index is 2.45. The smallest absolute Gasteiger partial charge is 0.233 e. The van der Waals surface area contributed by atoms with E-state index in [-0.39, 0.29) is 0 Å². The fourth-order valence-corrected chi connectivity index (χ4v) is 0.240. The molecule has 1 rings (SSSR count). The highest BCUT2D eigenvalue weighted by molar-refractivity contribution is 5.77. The van der Waals surface area contributed by atoms with Gasteiger partial charge in [0.25, 0.3) is 0 Å². The summed E-state index contributed by atoms with van der Waals surface area (Å²) in [7, 11) is 0. The Morgan fingerprint density at radius 1 is 2.00 bits per heavy atom. The van der Waals surface area contributed by atoms with E-state index in [1.165, 1.54) is 0 Å². The van der Waals surface area contributed by atoms with Crippen molar-refractivity contribution in [2.24, 2.45) is 10.9 Å². The van der Waals surface area contributed by atoms with E-state index in [1.807, 2.05) is 0 Å². The largest absolute Gasteiger partial charge is 0.371 e. The Morgan fingerprint density at radius 2 is 2.83 bits per heavy atom. The maximum absolute atomic E-state index is 5.05. The van der Waals surface area contributed by atoms with Gasteiger partial charge in [-0.05, 0) is 5.16 Å². The minimum Gasteiger partial charge on any atom is -0.371 e. The maximum atomic E-state index is 5.05. The second-order valence-corrected chi connectivity index (χ2v) is 0.927. The van der Waals surface area contributed by atoms with Crippen molar-refractivity contribution in [3.63, 3.8) is 0 Å². The number of nitrogens with zero attached hydrogens (tertiary/aromatic N) is 1. The van der Waals surface area contributed by atoms with Crippen molar-refractivity contribution in [3.8, 4) is 0 Å². The molecule has 0 radical (unpaired) electrons. The quantitative estimate of drug-likeness (QED) is 0.390. The zero-order chi connectivity index (χ0) is 4.41. The number of nitrogens with two attached hydrogens (primary N) is 1. The number of oxime groups is 1. The lowest BCUT2D eigenvalue weighted by atomic mass is 11.0. The summed E-state index contributed by atoms with van der Waals surface area (Å²) in [5, 5.41) is 5.94. The van der Waals surface area contributed by atoms with E-state index in [0.717, 1.165) is 0 Å². The highest BCUT2D eigenvalue weighted by atomic mass is 16.6. The summed E-state index contributed by atoms with van der Waals surface area (Å²) in [6.45, 7) is 0.409. The van der Waals surface area contributed by atoms with E-state index in [4.69, 9.17) is 5.73 Å². The molecule has 34 valence electrons. The van der Waals surface area contributed by atoms with Crippen LogP contribution in [-0.2, 0) is 4.84 Å². The van der Waals surface area contributed by atoms with Gasteiger partial charge in [-0.2, -0.15) is 0 Å². The molecule has 0 bridgehead atoms. The van der Waals surface area contributed by atoms with Gasteiger partial charge in [0.05, 0.1) is 0 Å². The summed E-state index contributed by atoms with van der Waals surface area (Å²) >= 11 is 0. The molecule has 3 N–H and O–H groups in total. The predicted molar refractivity (Wildman–Crippen MR) is 20.7 cm³/mol. The fourth-order valence-electron chi connectivity index (χ4n) is 0.240. The SMILES string of the molecule is NC1=NOCN1. The molecule has 0 aromatic rings. The van der Waals surface area contributed by atoms with Crippen LogP contribution in [0.15, 0.2) is 5.16 Å². The van der Waals surface area contributed by atoms with Crippen molar-refractivity contribution in [2.45, 2.75) is 0 Å². The van der Waals surface area contributed by atoms with Gasteiger partial charge in [-0.25, -0.2) is 0 Å². The third-order valence-corrected chi connectivity index (χ3v) is 0.481. The van der Waals surface area contributed by atoms with Crippen LogP contribution in [0, 0.1) is 0 Å². The van der Waals surface area contributed by atoms with Crippen LogP contribution in [0.3, 0.4) is 0 Å². The zero-order valence-corrected chi connectivity index (χ0v) is 3.14. The van der Waals surface area contributed by atoms with Crippen LogP contribution >= 0.6 is 0 Å². The standard InChI is InChI=1S/C2H5N3O/c3-2-4-1-6-5-2/h1H2,(H3,3,4,5). The second-order valence-electron chi connectivity index (χ2n) is 0.927. The monoisotopic (exact) mass is 87.0 g/mol. The topological polar surface area (TPSA) is 59.6 Å². The van der Waals surface area contributed by atoms with Crippen molar-refractivity contribution < 1.29 is 4.84 Å². The maximum Gasteiger partial charge on any atom is 0.233 e. The predicted octanol–water partition coefficient (Wildman–Crippen LogP) is -1.21. The number of hydrogen-bond acceptors (Lipinski definition) is 4. The van der Waals surface area contributed by atoms with Gasteiger partial charge in [0, 0.05) is 0 Å². The molecule has 0 aromatic heterocycles. The average Bonchev–Trinajstić information content (AvgIpc) is 1.86. The lowest BCUT2D eigenvalue weighted by Gasteiger charge is -1.82. The van der Waals surface area contributed by atoms with Gasteiger partial charge in [0.15, 0.2) is 6.73 Å². The molecular formula is C2H5N3O. The molecule has 0 spiro atoms. The van der Waals surface area contributed by atoms with E-state index in [0.29, 0.717) is 12.7 Å². The van der Waals surface area contributed by atoms with Crippen molar-refractivity contribution >= 4 is 5.96 Å². The first kappa shape index (κ1) is 3.27. The van der Waals surface area contributed by atoms with Crippen molar-refractivity contribution in [3.05, 3.63) is 0 Å². The molecule has 4 nitrogen and oxygen atoms in total. The van der Waals surface area contributed by atoms with Crippen LogP contribution in [-0.4, -0.2) is 12.7 Å². The Kier molecular flexibility index (Phi) is 0.567. The number of hydrogen-bond donors (Lipinski definition) is 2. The van der Waals surface area contributed by atoms with Gasteiger partial charge in [0.1, 0.15) is 0 Å². The molecule has 0 saturated heterocycles. The van der Waals surface area contributed by atoms with Gasteiger partial charge in [0.2, 0.25) is 5.96 Å². The van der Waals surface area contributed by atoms with Crippen LogP contribution in [0.2, 0.25) is 0 Å². The van der Waals surface area contributed by atoms with Crippen molar-refractivity contribution in [1.29, 1.82) is 0 Å². The Morgan fingerprint density at radius 3 is 3.00 bits per heavy atom. The number of guanidine groups is 1. The third-order valence-electron chi connectivity index (χ3n) is 0.481. The minimum absolute atomic E-state index is 0.356. The van der Waals surface area contributed by atoms with Gasteiger partial charge < -0.3 is 15.9 Å². The first-order valence-electron chi connectivity index (χ1n) is 1.59. The molecule has 0 aliphatic carbocycles. The normalized spacial score (nSPS) is 18.3. The van der Waals surface area contributed by atoms with Crippen molar-refractivity contribution in [2.75, 3.05) is 6.73 Å². The first-order valence-corrected chi connectivity index (χ1v) is 1.59. The molecule has 0 unspecified atom stereocenters. The molecule has 4 heteroatoms. The Hall–Kier alpha value is -0.930. The van der Waals surface area contributed by atoms with Gasteiger partial charge in [-0.1, -0.05) is 0 Å². The minimum atomic E-state index is 0.356. The summed E-state index contributed by atoms with van der Waals surface area (Å²) < 4.78 is 0.